The van der Waals surface area contributed by atoms with Crippen LogP contribution in [0.2, 0.25) is 0 Å². The summed E-state index contributed by atoms with van der Waals surface area (Å²) in [5.74, 6) is -1.12. The molecule has 0 fully saturated rings. The number of nitrogens with one attached hydrogen (secondary N) is 2. The zero-order valence-electron chi connectivity index (χ0n) is 10.5. The molecule has 2 amide bonds. The summed E-state index contributed by atoms with van der Waals surface area (Å²) in [6.45, 7) is 0.356. The molecule has 6 heteroatoms. The standard InChI is InChI=1S/C14H13N3O3/c18-13(19)11-6-7-15-9-12(11)17-14(20)16-8-10-4-2-1-3-5-10/h1-7,9H,8H2,(H,18,19)(H2,16,17,20). The Kier molecular flexibility index (Phi) is 4.28. The smallest absolute Gasteiger partial charge is 0.337 e. The van der Waals surface area contributed by atoms with Crippen molar-refractivity contribution in [2.45, 2.75) is 6.54 Å². The van der Waals surface area contributed by atoms with Gasteiger partial charge in [0.05, 0.1) is 17.4 Å². The number of nitrogens with zero attached hydrogens (tertiary/aromatic N) is 1. The average Bonchev–Trinajstić information content (AvgIpc) is 2.46. The van der Waals surface area contributed by atoms with Crippen molar-refractivity contribution in [1.29, 1.82) is 0 Å². The quantitative estimate of drug-likeness (QED) is 0.794. The number of hydrogen-bond acceptors (Lipinski definition) is 3. The van der Waals surface area contributed by atoms with Gasteiger partial charge < -0.3 is 15.7 Å². The first kappa shape index (κ1) is 13.5. The Balaban J connectivity index is 1.97. The summed E-state index contributed by atoms with van der Waals surface area (Å²) in [5.41, 5.74) is 1.10. The fourth-order valence-corrected chi connectivity index (χ4v) is 1.63. The second-order valence-corrected chi connectivity index (χ2v) is 4.02. The molecular weight excluding hydrogens is 258 g/mol. The summed E-state index contributed by atoms with van der Waals surface area (Å²) in [4.78, 5) is 26.5. The molecule has 0 atom stereocenters. The van der Waals surface area contributed by atoms with Crippen LogP contribution in [0, 0.1) is 0 Å². The molecule has 6 nitrogen and oxygen atoms in total. The number of benzene rings is 1. The topological polar surface area (TPSA) is 91.3 Å². The van der Waals surface area contributed by atoms with Gasteiger partial charge in [-0.15, -0.1) is 0 Å². The van der Waals surface area contributed by atoms with Crippen molar-refractivity contribution in [3.8, 4) is 0 Å². The van der Waals surface area contributed by atoms with Crippen LogP contribution >= 0.6 is 0 Å². The second-order valence-electron chi connectivity index (χ2n) is 4.02. The first-order valence-corrected chi connectivity index (χ1v) is 5.93. The summed E-state index contributed by atoms with van der Waals surface area (Å²) in [7, 11) is 0. The molecule has 1 heterocycles. The summed E-state index contributed by atoms with van der Waals surface area (Å²) >= 11 is 0. The number of amides is 2. The molecule has 0 aliphatic heterocycles. The molecule has 1 aromatic heterocycles. The van der Waals surface area contributed by atoms with Gasteiger partial charge in [-0.1, -0.05) is 30.3 Å². The van der Waals surface area contributed by atoms with E-state index in [1.54, 1.807) is 0 Å². The number of carboxylic acid groups (broad SMARTS) is 1. The average molecular weight is 271 g/mol. The van der Waals surface area contributed by atoms with E-state index in [1.165, 1.54) is 18.5 Å². The Hall–Kier alpha value is -2.89. The molecule has 20 heavy (non-hydrogen) atoms. The molecule has 0 saturated carbocycles. The number of hydrogen-bond donors (Lipinski definition) is 3. The number of carbonyl (C=O) groups is 2. The van der Waals surface area contributed by atoms with Gasteiger partial charge in [-0.3, -0.25) is 4.98 Å². The molecule has 2 aromatic rings. The number of pyridine rings is 1. The number of anilines is 1. The van der Waals surface area contributed by atoms with E-state index in [1.807, 2.05) is 30.3 Å². The van der Waals surface area contributed by atoms with Gasteiger partial charge in [0.15, 0.2) is 0 Å². The second kappa shape index (κ2) is 6.33. The first-order valence-electron chi connectivity index (χ1n) is 5.93. The fourth-order valence-electron chi connectivity index (χ4n) is 1.63. The van der Waals surface area contributed by atoms with Crippen LogP contribution < -0.4 is 10.6 Å². The normalized spacial score (nSPS) is 9.80. The lowest BCUT2D eigenvalue weighted by atomic mass is 10.2. The first-order chi connectivity index (χ1) is 9.66. The molecule has 2 rings (SSSR count). The molecule has 0 bridgehead atoms. The molecule has 3 N–H and O–H groups in total. The van der Waals surface area contributed by atoms with Crippen molar-refractivity contribution in [1.82, 2.24) is 10.3 Å². The van der Waals surface area contributed by atoms with Crippen molar-refractivity contribution in [3.05, 3.63) is 59.9 Å². The number of aromatic carboxylic acids is 1. The Morgan fingerprint density at radius 3 is 2.60 bits per heavy atom. The van der Waals surface area contributed by atoms with Crippen LogP contribution in [0.4, 0.5) is 10.5 Å². The van der Waals surface area contributed by atoms with Crippen LogP contribution in [0.25, 0.3) is 0 Å². The van der Waals surface area contributed by atoms with Gasteiger partial charge in [0.2, 0.25) is 0 Å². The minimum absolute atomic E-state index is 0.00476. The van der Waals surface area contributed by atoms with Crippen LogP contribution in [0.3, 0.4) is 0 Å². The highest BCUT2D eigenvalue weighted by Gasteiger charge is 2.11. The molecule has 0 aliphatic carbocycles. The minimum Gasteiger partial charge on any atom is -0.478 e. The molecule has 0 aliphatic rings. The van der Waals surface area contributed by atoms with E-state index in [-0.39, 0.29) is 11.3 Å². The SMILES string of the molecule is O=C(NCc1ccccc1)Nc1cnccc1C(=O)O. The van der Waals surface area contributed by atoms with E-state index in [4.69, 9.17) is 5.11 Å². The molecule has 102 valence electrons. The van der Waals surface area contributed by atoms with Crippen LogP contribution in [-0.2, 0) is 6.54 Å². The van der Waals surface area contributed by atoms with E-state index in [2.05, 4.69) is 15.6 Å². The van der Waals surface area contributed by atoms with E-state index < -0.39 is 12.0 Å². The maximum absolute atomic E-state index is 11.7. The molecule has 0 radical (unpaired) electrons. The largest absolute Gasteiger partial charge is 0.478 e. The number of carboxylic acids is 1. The van der Waals surface area contributed by atoms with Crippen LogP contribution in [0.5, 0.6) is 0 Å². The van der Waals surface area contributed by atoms with Crippen molar-refractivity contribution >= 4 is 17.7 Å². The van der Waals surface area contributed by atoms with Gasteiger partial charge in [0, 0.05) is 12.7 Å². The maximum Gasteiger partial charge on any atom is 0.337 e. The fraction of sp³-hybridized carbons (Fsp3) is 0.0714. The predicted molar refractivity (Wildman–Crippen MR) is 73.5 cm³/mol. The number of urea groups is 1. The van der Waals surface area contributed by atoms with Crippen molar-refractivity contribution in [2.24, 2.45) is 0 Å². The summed E-state index contributed by atoms with van der Waals surface area (Å²) in [6, 6.07) is 10.2. The molecule has 0 spiro atoms. The van der Waals surface area contributed by atoms with Gasteiger partial charge in [0.1, 0.15) is 0 Å². The third kappa shape index (κ3) is 3.55. The summed E-state index contributed by atoms with van der Waals surface area (Å²) in [5, 5.41) is 14.1. The Labute approximate surface area is 115 Å². The van der Waals surface area contributed by atoms with Crippen LogP contribution in [-0.4, -0.2) is 22.1 Å². The van der Waals surface area contributed by atoms with Gasteiger partial charge in [-0.2, -0.15) is 0 Å². The highest BCUT2D eigenvalue weighted by atomic mass is 16.4. The predicted octanol–water partition coefficient (Wildman–Crippen LogP) is 2.10. The van der Waals surface area contributed by atoms with E-state index in [0.717, 1.165) is 5.56 Å². The highest BCUT2D eigenvalue weighted by Crippen LogP contribution is 2.12. The zero-order chi connectivity index (χ0) is 14.4. The van der Waals surface area contributed by atoms with E-state index in [9.17, 15) is 9.59 Å². The Morgan fingerprint density at radius 1 is 1.15 bits per heavy atom. The summed E-state index contributed by atoms with van der Waals surface area (Å²) in [6.07, 6.45) is 2.65. The third-order valence-corrected chi connectivity index (χ3v) is 2.60. The van der Waals surface area contributed by atoms with E-state index >= 15 is 0 Å². The zero-order valence-corrected chi connectivity index (χ0v) is 10.5. The van der Waals surface area contributed by atoms with Crippen molar-refractivity contribution < 1.29 is 14.7 Å². The monoisotopic (exact) mass is 271 g/mol. The van der Waals surface area contributed by atoms with Crippen molar-refractivity contribution in [2.75, 3.05) is 5.32 Å². The van der Waals surface area contributed by atoms with Gasteiger partial charge in [0.25, 0.3) is 0 Å². The lowest BCUT2D eigenvalue weighted by molar-refractivity contribution is 0.0698. The minimum atomic E-state index is -1.12. The molecular formula is C14H13N3O3. The summed E-state index contributed by atoms with van der Waals surface area (Å²) < 4.78 is 0. The molecule has 0 saturated heterocycles. The molecule has 1 aromatic carbocycles. The van der Waals surface area contributed by atoms with Gasteiger partial charge in [-0.25, -0.2) is 9.59 Å². The Morgan fingerprint density at radius 2 is 1.90 bits per heavy atom. The number of rotatable bonds is 4. The lowest BCUT2D eigenvalue weighted by Gasteiger charge is -2.09. The van der Waals surface area contributed by atoms with Crippen LogP contribution in [0.15, 0.2) is 48.8 Å². The lowest BCUT2D eigenvalue weighted by Crippen LogP contribution is -2.29. The molecule has 0 unspecified atom stereocenters. The third-order valence-electron chi connectivity index (χ3n) is 2.60. The van der Waals surface area contributed by atoms with Crippen LogP contribution in [0.1, 0.15) is 15.9 Å². The van der Waals surface area contributed by atoms with Gasteiger partial charge in [-0.05, 0) is 11.6 Å². The number of aromatic nitrogens is 1. The van der Waals surface area contributed by atoms with Crippen molar-refractivity contribution in [3.63, 3.8) is 0 Å². The maximum atomic E-state index is 11.7. The Bertz CT molecular complexity index is 614. The number of carbonyl (C=O) groups excluding carboxylic acids is 1. The van der Waals surface area contributed by atoms with Gasteiger partial charge >= 0.3 is 12.0 Å². The highest BCUT2D eigenvalue weighted by molar-refractivity contribution is 5.99. The van der Waals surface area contributed by atoms with E-state index in [0.29, 0.717) is 6.54 Å².